The molecule has 2 N–H and O–H groups in total. The van der Waals surface area contributed by atoms with Crippen molar-refractivity contribution in [3.63, 3.8) is 0 Å². The fourth-order valence-electron chi connectivity index (χ4n) is 2.75. The Morgan fingerprint density at radius 2 is 2.05 bits per heavy atom. The molecule has 0 aromatic rings. The number of phosphoric ester groups is 1. The van der Waals surface area contributed by atoms with Crippen LogP contribution in [0.3, 0.4) is 0 Å². The van der Waals surface area contributed by atoms with Crippen LogP contribution in [0.5, 0.6) is 0 Å². The quantitative estimate of drug-likeness (QED) is 0.261. The monoisotopic (exact) mass is 321 g/mol. The Bertz CT molecular complexity index is 475. The van der Waals surface area contributed by atoms with Crippen LogP contribution < -0.4 is 0 Å². The SMILES string of the molecule is CC(=O)OC1[C@@H](C)[C@@H](C)C(CN=[N+]=[N-])C[C@H]1OP(=O)(O)O. The zero-order valence-electron chi connectivity index (χ0n) is 12.1. The molecule has 1 saturated carbocycles. The van der Waals surface area contributed by atoms with Gasteiger partial charge in [0.1, 0.15) is 12.2 Å². The molecule has 0 bridgehead atoms. The Morgan fingerprint density at radius 1 is 1.43 bits per heavy atom. The number of carbonyl (C=O) groups is 1. The first kappa shape index (κ1) is 17.9. The molecule has 1 rings (SSSR count). The molecular formula is C11H20N3O6P. The predicted molar refractivity (Wildman–Crippen MR) is 72.9 cm³/mol. The van der Waals surface area contributed by atoms with Crippen molar-refractivity contribution in [1.29, 1.82) is 0 Å². The second-order valence-electron chi connectivity index (χ2n) is 5.34. The molecule has 0 radical (unpaired) electrons. The Balaban J connectivity index is 2.97. The van der Waals surface area contributed by atoms with Crippen LogP contribution >= 0.6 is 7.82 Å². The molecule has 0 aromatic carbocycles. The number of ether oxygens (including phenoxy) is 1. The van der Waals surface area contributed by atoms with Crippen molar-refractivity contribution in [2.24, 2.45) is 22.9 Å². The summed E-state index contributed by atoms with van der Waals surface area (Å²) >= 11 is 0. The van der Waals surface area contributed by atoms with E-state index in [2.05, 4.69) is 10.0 Å². The lowest BCUT2D eigenvalue weighted by Gasteiger charge is -2.43. The van der Waals surface area contributed by atoms with E-state index in [1.54, 1.807) is 0 Å². The van der Waals surface area contributed by atoms with Gasteiger partial charge in [-0.15, -0.1) is 0 Å². The molecular weight excluding hydrogens is 301 g/mol. The van der Waals surface area contributed by atoms with Gasteiger partial charge < -0.3 is 14.5 Å². The summed E-state index contributed by atoms with van der Waals surface area (Å²) in [6, 6.07) is 0. The number of phosphoric acid groups is 1. The lowest BCUT2D eigenvalue weighted by atomic mass is 9.71. The first-order valence-corrected chi connectivity index (χ1v) is 8.10. The fourth-order valence-corrected chi connectivity index (χ4v) is 3.31. The van der Waals surface area contributed by atoms with Crippen LogP contribution in [-0.4, -0.2) is 34.5 Å². The van der Waals surface area contributed by atoms with Crippen LogP contribution in [0.2, 0.25) is 0 Å². The van der Waals surface area contributed by atoms with Crippen molar-refractivity contribution in [3.05, 3.63) is 10.4 Å². The second kappa shape index (κ2) is 7.24. The summed E-state index contributed by atoms with van der Waals surface area (Å²) in [5.41, 5.74) is 8.41. The van der Waals surface area contributed by atoms with E-state index in [4.69, 9.17) is 24.6 Å². The van der Waals surface area contributed by atoms with Crippen LogP contribution in [0, 0.1) is 17.8 Å². The van der Waals surface area contributed by atoms with Gasteiger partial charge >= 0.3 is 13.8 Å². The fraction of sp³-hybridized carbons (Fsp3) is 0.909. The van der Waals surface area contributed by atoms with E-state index in [1.165, 1.54) is 6.92 Å². The molecule has 120 valence electrons. The Labute approximate surface area is 122 Å². The third-order valence-electron chi connectivity index (χ3n) is 3.95. The summed E-state index contributed by atoms with van der Waals surface area (Å²) in [4.78, 5) is 31.9. The van der Waals surface area contributed by atoms with Gasteiger partial charge in [-0.2, -0.15) is 0 Å². The van der Waals surface area contributed by atoms with Gasteiger partial charge in [0.2, 0.25) is 0 Å². The molecule has 5 atom stereocenters. The Morgan fingerprint density at radius 3 is 2.52 bits per heavy atom. The summed E-state index contributed by atoms with van der Waals surface area (Å²) in [5.74, 6) is -0.763. The van der Waals surface area contributed by atoms with Gasteiger partial charge in [-0.1, -0.05) is 19.0 Å². The maximum atomic E-state index is 11.2. The maximum Gasteiger partial charge on any atom is 0.469 e. The molecule has 21 heavy (non-hydrogen) atoms. The number of azide groups is 1. The van der Waals surface area contributed by atoms with Gasteiger partial charge in [-0.3, -0.25) is 9.32 Å². The highest BCUT2D eigenvalue weighted by Gasteiger charge is 2.45. The molecule has 0 amide bonds. The van der Waals surface area contributed by atoms with Crippen LogP contribution in [-0.2, 0) is 18.6 Å². The smallest absolute Gasteiger partial charge is 0.459 e. The average Bonchev–Trinajstić information content (AvgIpc) is 2.34. The third-order valence-corrected chi connectivity index (χ3v) is 4.49. The topological polar surface area (TPSA) is 142 Å². The summed E-state index contributed by atoms with van der Waals surface area (Å²) < 4.78 is 21.0. The number of hydrogen-bond donors (Lipinski definition) is 2. The molecule has 1 aliphatic rings. The molecule has 2 unspecified atom stereocenters. The van der Waals surface area contributed by atoms with Crippen LogP contribution in [0.15, 0.2) is 5.11 Å². The van der Waals surface area contributed by atoms with Crippen molar-refractivity contribution >= 4 is 13.8 Å². The predicted octanol–water partition coefficient (Wildman–Crippen LogP) is 2.00. The zero-order valence-corrected chi connectivity index (χ0v) is 13.0. The van der Waals surface area contributed by atoms with Crippen molar-refractivity contribution in [1.82, 2.24) is 0 Å². The van der Waals surface area contributed by atoms with E-state index in [9.17, 15) is 9.36 Å². The third kappa shape index (κ3) is 5.30. The number of esters is 1. The first-order chi connectivity index (χ1) is 9.65. The minimum atomic E-state index is -4.71. The molecule has 0 spiro atoms. The standard InChI is InChI=1S/C11H20N3O6P/c1-6-7(2)11(19-8(3)15)10(20-21(16,17)18)4-9(6)5-13-14-12/h6-7,9-11H,4-5H2,1-3H3,(H2,16,17,18)/t6-,7+,9?,10-,11?/m1/s1. The summed E-state index contributed by atoms with van der Waals surface area (Å²) in [7, 11) is -4.71. The lowest BCUT2D eigenvalue weighted by Crippen LogP contribution is -2.48. The van der Waals surface area contributed by atoms with E-state index in [0.29, 0.717) is 0 Å². The van der Waals surface area contributed by atoms with E-state index in [0.717, 1.165) is 0 Å². The molecule has 1 aliphatic carbocycles. The maximum absolute atomic E-state index is 11.2. The molecule has 1 fully saturated rings. The first-order valence-electron chi connectivity index (χ1n) is 6.57. The molecule has 0 saturated heterocycles. The summed E-state index contributed by atoms with van der Waals surface area (Å²) in [5, 5.41) is 3.52. The molecule has 10 heteroatoms. The normalized spacial score (nSPS) is 33.1. The van der Waals surface area contributed by atoms with Crippen LogP contribution in [0.25, 0.3) is 10.4 Å². The highest BCUT2D eigenvalue weighted by molar-refractivity contribution is 7.46. The number of nitrogens with zero attached hydrogens (tertiary/aromatic N) is 3. The molecule has 0 heterocycles. The second-order valence-corrected chi connectivity index (χ2v) is 6.53. The lowest BCUT2D eigenvalue weighted by molar-refractivity contribution is -0.164. The van der Waals surface area contributed by atoms with E-state index < -0.39 is 26.0 Å². The molecule has 0 aliphatic heterocycles. The summed E-state index contributed by atoms with van der Waals surface area (Å²) in [6.07, 6.45) is -1.43. The van der Waals surface area contributed by atoms with Gasteiger partial charge in [0.15, 0.2) is 0 Å². The van der Waals surface area contributed by atoms with E-state index >= 15 is 0 Å². The van der Waals surface area contributed by atoms with Crippen molar-refractivity contribution in [3.8, 4) is 0 Å². The van der Waals surface area contributed by atoms with Crippen molar-refractivity contribution < 1.29 is 28.4 Å². The Kier molecular flexibility index (Phi) is 6.19. The van der Waals surface area contributed by atoms with Gasteiger partial charge in [0.25, 0.3) is 0 Å². The van der Waals surface area contributed by atoms with Gasteiger partial charge in [0.05, 0.1) is 0 Å². The highest BCUT2D eigenvalue weighted by Crippen LogP contribution is 2.45. The zero-order chi connectivity index (χ0) is 16.2. The largest absolute Gasteiger partial charge is 0.469 e. The minimum Gasteiger partial charge on any atom is -0.459 e. The molecule has 9 nitrogen and oxygen atoms in total. The van der Waals surface area contributed by atoms with E-state index in [-0.39, 0.29) is 30.7 Å². The number of hydrogen-bond acceptors (Lipinski definition) is 5. The van der Waals surface area contributed by atoms with Crippen molar-refractivity contribution in [2.75, 3.05) is 6.54 Å². The van der Waals surface area contributed by atoms with Gasteiger partial charge in [0, 0.05) is 18.4 Å². The average molecular weight is 321 g/mol. The van der Waals surface area contributed by atoms with Crippen LogP contribution in [0.1, 0.15) is 27.2 Å². The van der Waals surface area contributed by atoms with Crippen LogP contribution in [0.4, 0.5) is 0 Å². The summed E-state index contributed by atoms with van der Waals surface area (Å²) in [6.45, 7) is 5.18. The van der Waals surface area contributed by atoms with E-state index in [1.807, 2.05) is 13.8 Å². The minimum absolute atomic E-state index is 0.0523. The highest BCUT2D eigenvalue weighted by atomic mass is 31.2. The molecule has 0 aromatic heterocycles. The van der Waals surface area contributed by atoms with Crippen molar-refractivity contribution in [2.45, 2.75) is 39.4 Å². The van der Waals surface area contributed by atoms with Gasteiger partial charge in [-0.05, 0) is 29.7 Å². The number of rotatable bonds is 5. The van der Waals surface area contributed by atoms with Gasteiger partial charge in [-0.25, -0.2) is 4.57 Å². The number of carbonyl (C=O) groups excluding carboxylic acids is 1. The Hall–Kier alpha value is -1.11.